The fraction of sp³-hybridized carbons (Fsp3) is 0.808. The van der Waals surface area contributed by atoms with Gasteiger partial charge in [-0.1, -0.05) is 13.8 Å². The molecule has 2 aliphatic rings. The molecule has 0 saturated carbocycles. The van der Waals surface area contributed by atoms with Gasteiger partial charge in [-0.3, -0.25) is 38.8 Å². The van der Waals surface area contributed by atoms with Crippen LogP contribution in [0.15, 0.2) is 0 Å². The van der Waals surface area contributed by atoms with Crippen LogP contribution >= 0.6 is 0 Å². The molecule has 13 nitrogen and oxygen atoms in total. The number of carbonyl (C=O) groups excluding carboxylic acids is 3. The lowest BCUT2D eigenvalue weighted by Gasteiger charge is -2.35. The highest BCUT2D eigenvalue weighted by Gasteiger charge is 2.26. The van der Waals surface area contributed by atoms with Gasteiger partial charge in [0.15, 0.2) is 0 Å². The first-order valence-electron chi connectivity index (χ1n) is 13.9. The zero-order valence-corrected chi connectivity index (χ0v) is 23.4. The molecule has 13 heteroatoms. The molecule has 0 radical (unpaired) electrons. The van der Waals surface area contributed by atoms with Crippen molar-refractivity contribution in [2.45, 2.75) is 39.2 Å². The van der Waals surface area contributed by atoms with Crippen molar-refractivity contribution in [2.75, 3.05) is 91.6 Å². The molecule has 0 aromatic rings. The predicted molar refractivity (Wildman–Crippen MR) is 144 cm³/mol. The van der Waals surface area contributed by atoms with Gasteiger partial charge in [0.05, 0.1) is 26.2 Å². The van der Waals surface area contributed by atoms with Crippen LogP contribution in [0.1, 0.15) is 33.1 Å². The number of carboxylic acids is 2. The van der Waals surface area contributed by atoms with E-state index in [0.717, 1.165) is 6.29 Å². The van der Waals surface area contributed by atoms with Gasteiger partial charge in [0.25, 0.3) is 0 Å². The molecule has 0 aromatic carbocycles. The number of hydrogen-bond donors (Lipinski definition) is 3. The normalized spacial score (nSPS) is 20.2. The van der Waals surface area contributed by atoms with E-state index in [4.69, 9.17) is 0 Å². The zero-order chi connectivity index (χ0) is 28.8. The highest BCUT2D eigenvalue weighted by Crippen LogP contribution is 2.12. The lowest BCUT2D eigenvalue weighted by molar-refractivity contribution is -0.140. The van der Waals surface area contributed by atoms with Crippen molar-refractivity contribution in [1.29, 1.82) is 0 Å². The largest absolute Gasteiger partial charge is 0.480 e. The molecule has 222 valence electrons. The Bertz CT molecular complexity index is 819. The molecule has 2 rings (SSSR count). The highest BCUT2D eigenvalue weighted by atomic mass is 16.4. The first-order chi connectivity index (χ1) is 18.5. The van der Waals surface area contributed by atoms with Gasteiger partial charge >= 0.3 is 11.9 Å². The third-order valence-electron chi connectivity index (χ3n) is 7.15. The summed E-state index contributed by atoms with van der Waals surface area (Å²) in [5.74, 6) is -1.58. The van der Waals surface area contributed by atoms with Gasteiger partial charge in [0, 0.05) is 77.9 Å². The first kappa shape index (κ1) is 32.6. The molecule has 0 atom stereocenters. The van der Waals surface area contributed by atoms with E-state index in [9.17, 15) is 34.2 Å². The van der Waals surface area contributed by atoms with Crippen molar-refractivity contribution in [3.8, 4) is 0 Å². The third-order valence-corrected chi connectivity index (χ3v) is 7.15. The summed E-state index contributed by atoms with van der Waals surface area (Å²) in [4.78, 5) is 68.6. The number of rotatable bonds is 11. The minimum absolute atomic E-state index is 0.00611. The van der Waals surface area contributed by atoms with E-state index in [1.807, 2.05) is 28.5 Å². The van der Waals surface area contributed by atoms with E-state index < -0.39 is 11.9 Å². The topological polar surface area (TPSA) is 154 Å². The number of aldehydes is 1. The number of carbonyl (C=O) groups is 5. The predicted octanol–water partition coefficient (Wildman–Crippen LogP) is -1.27. The lowest BCUT2D eigenvalue weighted by atomic mass is 10.0. The molecule has 2 amide bonds. The molecule has 0 unspecified atom stereocenters. The number of likely N-dealkylation sites (tertiary alicyclic amines) is 1. The molecule has 0 aliphatic carbocycles. The van der Waals surface area contributed by atoms with Crippen molar-refractivity contribution in [2.24, 2.45) is 5.92 Å². The zero-order valence-electron chi connectivity index (χ0n) is 23.4. The number of carboxylic acid groups (broad SMARTS) is 2. The molecule has 0 aromatic heterocycles. The van der Waals surface area contributed by atoms with E-state index in [-0.39, 0.29) is 44.0 Å². The fourth-order valence-corrected chi connectivity index (χ4v) is 4.95. The van der Waals surface area contributed by atoms with Crippen LogP contribution in [0.2, 0.25) is 0 Å². The van der Waals surface area contributed by atoms with Crippen LogP contribution in [0.25, 0.3) is 0 Å². The Balaban J connectivity index is 1.99. The quantitative estimate of drug-likeness (QED) is 0.262. The van der Waals surface area contributed by atoms with Crippen molar-refractivity contribution < 1.29 is 34.2 Å². The average Bonchev–Trinajstić information content (AvgIpc) is 2.84. The van der Waals surface area contributed by atoms with Gasteiger partial charge in [-0.2, -0.15) is 0 Å². The number of nitrogens with one attached hydrogen (secondary N) is 1. The SMILES string of the molecule is CC(C)CC(=O)NC1CCN(C(=O)CN2CCN(CC=O)CCN(CC(=O)O)CCN(CC(=O)O)CC2)CC1. The number of piperidine rings is 1. The molecule has 2 aliphatic heterocycles. The van der Waals surface area contributed by atoms with Crippen molar-refractivity contribution in [1.82, 2.24) is 29.8 Å². The van der Waals surface area contributed by atoms with Crippen molar-refractivity contribution >= 4 is 30.0 Å². The Morgan fingerprint density at radius 2 is 1.18 bits per heavy atom. The fourth-order valence-electron chi connectivity index (χ4n) is 4.95. The van der Waals surface area contributed by atoms with E-state index in [1.54, 1.807) is 9.80 Å². The smallest absolute Gasteiger partial charge is 0.317 e. The Morgan fingerprint density at radius 1 is 0.744 bits per heavy atom. The number of aliphatic carboxylic acids is 2. The van der Waals surface area contributed by atoms with Crippen LogP contribution in [0, 0.1) is 5.92 Å². The van der Waals surface area contributed by atoms with Crippen LogP contribution in [-0.4, -0.2) is 162 Å². The summed E-state index contributed by atoms with van der Waals surface area (Å²) in [5, 5.41) is 21.7. The average molecular weight is 555 g/mol. The maximum Gasteiger partial charge on any atom is 0.317 e. The number of nitrogens with zero attached hydrogens (tertiary/aromatic N) is 5. The summed E-state index contributed by atoms with van der Waals surface area (Å²) < 4.78 is 0. The molecule has 2 saturated heterocycles. The van der Waals surface area contributed by atoms with E-state index in [2.05, 4.69) is 5.32 Å². The van der Waals surface area contributed by atoms with Crippen molar-refractivity contribution in [3.63, 3.8) is 0 Å². The Morgan fingerprint density at radius 3 is 1.59 bits per heavy atom. The summed E-state index contributed by atoms with van der Waals surface area (Å²) in [6.45, 7) is 8.83. The second kappa shape index (κ2) is 17.2. The maximum atomic E-state index is 13.2. The molecule has 3 N–H and O–H groups in total. The minimum Gasteiger partial charge on any atom is -0.480 e. The van der Waals surface area contributed by atoms with Gasteiger partial charge in [-0.05, 0) is 18.8 Å². The molecule has 0 spiro atoms. The number of hydrogen-bond acceptors (Lipinski definition) is 9. The Labute approximate surface area is 231 Å². The van der Waals surface area contributed by atoms with E-state index >= 15 is 0 Å². The van der Waals surface area contributed by atoms with Crippen molar-refractivity contribution in [3.05, 3.63) is 0 Å². The first-order valence-corrected chi connectivity index (χ1v) is 13.9. The van der Waals surface area contributed by atoms with Gasteiger partial charge < -0.3 is 25.2 Å². The Hall–Kier alpha value is -2.61. The summed E-state index contributed by atoms with van der Waals surface area (Å²) in [6, 6.07) is 0.0733. The third kappa shape index (κ3) is 13.3. The van der Waals surface area contributed by atoms with Gasteiger partial charge in [-0.15, -0.1) is 0 Å². The molecule has 39 heavy (non-hydrogen) atoms. The van der Waals surface area contributed by atoms with E-state index in [1.165, 1.54) is 0 Å². The van der Waals surface area contributed by atoms with Gasteiger partial charge in [0.2, 0.25) is 11.8 Å². The van der Waals surface area contributed by atoms with Crippen LogP contribution in [0.4, 0.5) is 0 Å². The molecule has 0 bridgehead atoms. The van der Waals surface area contributed by atoms with Crippen LogP contribution < -0.4 is 5.32 Å². The second-order valence-corrected chi connectivity index (χ2v) is 10.9. The standard InChI is InChI=1S/C26H46N6O7/c1-21(2)17-23(34)27-22-3-5-32(6-4-22)24(35)18-29-9-7-28(15-16-33)8-10-30(19-25(36)37)13-14-31(12-11-29)20-26(38)39/h16,21-22H,3-15,17-20H2,1-2H3,(H,27,34)(H,36,37)(H,38,39). The monoisotopic (exact) mass is 554 g/mol. The highest BCUT2D eigenvalue weighted by molar-refractivity contribution is 5.79. The number of amides is 2. The van der Waals surface area contributed by atoms with Crippen LogP contribution in [-0.2, 0) is 24.0 Å². The Kier molecular flexibility index (Phi) is 14.3. The maximum absolute atomic E-state index is 13.2. The van der Waals surface area contributed by atoms with Gasteiger partial charge in [-0.25, -0.2) is 0 Å². The molecule has 2 heterocycles. The second-order valence-electron chi connectivity index (χ2n) is 10.9. The summed E-state index contributed by atoms with van der Waals surface area (Å²) in [6.07, 6.45) is 2.73. The minimum atomic E-state index is -0.963. The summed E-state index contributed by atoms with van der Waals surface area (Å²) in [7, 11) is 0. The molecular formula is C26H46N6O7. The van der Waals surface area contributed by atoms with Gasteiger partial charge in [0.1, 0.15) is 6.29 Å². The van der Waals surface area contributed by atoms with Crippen LogP contribution in [0.5, 0.6) is 0 Å². The lowest BCUT2D eigenvalue weighted by Crippen LogP contribution is -2.51. The summed E-state index contributed by atoms with van der Waals surface area (Å²) >= 11 is 0. The van der Waals surface area contributed by atoms with E-state index in [0.29, 0.717) is 90.6 Å². The molecular weight excluding hydrogens is 508 g/mol. The molecule has 2 fully saturated rings. The summed E-state index contributed by atoms with van der Waals surface area (Å²) in [5.41, 5.74) is 0. The van der Waals surface area contributed by atoms with Crippen LogP contribution in [0.3, 0.4) is 0 Å².